The van der Waals surface area contributed by atoms with Crippen LogP contribution in [0.1, 0.15) is 48.1 Å². The molecule has 1 fully saturated rings. The number of fused-ring (bicyclic) bond motifs is 2. The smallest absolute Gasteiger partial charge is 0.261 e. The Balaban J connectivity index is 1.25. The Labute approximate surface area is 215 Å². The summed E-state index contributed by atoms with van der Waals surface area (Å²) >= 11 is 0. The fraction of sp³-hybridized carbons (Fsp3) is 0.407. The minimum Gasteiger partial charge on any atom is -0.487 e. The first-order valence-corrected chi connectivity index (χ1v) is 12.8. The van der Waals surface area contributed by atoms with Gasteiger partial charge in [-0.25, -0.2) is 14.5 Å². The number of anilines is 2. The molecular weight excluding hydrogens is 468 g/mol. The van der Waals surface area contributed by atoms with Crippen LogP contribution in [0.5, 0.6) is 5.75 Å². The van der Waals surface area contributed by atoms with Gasteiger partial charge in [0.1, 0.15) is 16.9 Å². The molecular formula is C27H32N8O2. The molecule has 0 bridgehead atoms. The van der Waals surface area contributed by atoms with Gasteiger partial charge in [0.05, 0.1) is 35.3 Å². The van der Waals surface area contributed by atoms with Crippen molar-refractivity contribution < 1.29 is 9.53 Å². The summed E-state index contributed by atoms with van der Waals surface area (Å²) < 4.78 is 7.86. The molecule has 192 valence electrons. The second-order valence-corrected chi connectivity index (χ2v) is 10.4. The maximum atomic E-state index is 13.4. The average Bonchev–Trinajstić information content (AvgIpc) is 3.59. The third-order valence-electron chi connectivity index (χ3n) is 7.19. The number of piperazine rings is 1. The van der Waals surface area contributed by atoms with Crippen LogP contribution >= 0.6 is 0 Å². The van der Waals surface area contributed by atoms with Crippen LogP contribution in [0, 0.1) is 0 Å². The zero-order valence-electron chi connectivity index (χ0n) is 21.5. The first-order chi connectivity index (χ1) is 17.9. The molecule has 6 rings (SSSR count). The molecule has 1 saturated heterocycles. The molecule has 5 heterocycles. The number of ether oxygens (including phenoxy) is 1. The number of hydrogen-bond acceptors (Lipinski definition) is 7. The molecule has 10 heteroatoms. The van der Waals surface area contributed by atoms with Crippen LogP contribution in [0.25, 0.3) is 5.65 Å². The molecule has 0 radical (unpaired) electrons. The average molecular weight is 501 g/mol. The summed E-state index contributed by atoms with van der Waals surface area (Å²) in [5.41, 5.74) is 5.90. The molecule has 37 heavy (non-hydrogen) atoms. The largest absolute Gasteiger partial charge is 0.487 e. The number of rotatable bonds is 6. The van der Waals surface area contributed by atoms with Crippen molar-refractivity contribution in [1.82, 2.24) is 29.5 Å². The monoisotopic (exact) mass is 500 g/mol. The van der Waals surface area contributed by atoms with Crippen LogP contribution in [0.4, 0.5) is 11.4 Å². The highest BCUT2D eigenvalue weighted by atomic mass is 16.5. The van der Waals surface area contributed by atoms with Gasteiger partial charge in [0.2, 0.25) is 0 Å². The van der Waals surface area contributed by atoms with Crippen LogP contribution in [0.2, 0.25) is 0 Å². The normalized spacial score (nSPS) is 17.1. The van der Waals surface area contributed by atoms with Gasteiger partial charge < -0.3 is 19.9 Å². The Morgan fingerprint density at radius 1 is 1.19 bits per heavy atom. The summed E-state index contributed by atoms with van der Waals surface area (Å²) in [6.07, 6.45) is 8.52. The van der Waals surface area contributed by atoms with Gasteiger partial charge in [-0.1, -0.05) is 6.92 Å². The number of carbonyl (C=O) groups excluding carboxylic acids is 1. The standard InChI is InChI=1S/C27H32N8O2/c1-4-20-22(30-17-29-20)16-33-8-10-34(11-9-33)23-13-24-18(14-27(2,3)37-24)12-21(23)32-26(36)19-15-31-35-7-5-6-28-25(19)35/h5-7,12-13,15,17H,4,8-11,14,16H2,1-3H3,(H,29,30)(H,32,36). The molecule has 2 aliphatic rings. The highest BCUT2D eigenvalue weighted by molar-refractivity contribution is 6.09. The van der Waals surface area contributed by atoms with Crippen molar-refractivity contribution in [1.29, 1.82) is 0 Å². The lowest BCUT2D eigenvalue weighted by molar-refractivity contribution is 0.102. The van der Waals surface area contributed by atoms with Crippen molar-refractivity contribution in [2.24, 2.45) is 0 Å². The zero-order chi connectivity index (χ0) is 25.6. The summed E-state index contributed by atoms with van der Waals surface area (Å²) in [4.78, 5) is 30.2. The topological polar surface area (TPSA) is 104 Å². The molecule has 0 unspecified atom stereocenters. The van der Waals surface area contributed by atoms with E-state index in [9.17, 15) is 4.79 Å². The van der Waals surface area contributed by atoms with Gasteiger partial charge >= 0.3 is 0 Å². The van der Waals surface area contributed by atoms with Crippen molar-refractivity contribution in [2.75, 3.05) is 36.4 Å². The number of imidazole rings is 1. The molecule has 4 aromatic rings. The summed E-state index contributed by atoms with van der Waals surface area (Å²) in [6.45, 7) is 10.7. The van der Waals surface area contributed by atoms with E-state index in [1.54, 1.807) is 35.5 Å². The van der Waals surface area contributed by atoms with Crippen LogP contribution < -0.4 is 15.0 Å². The summed E-state index contributed by atoms with van der Waals surface area (Å²) in [5, 5.41) is 7.44. The minimum absolute atomic E-state index is 0.224. The second-order valence-electron chi connectivity index (χ2n) is 10.4. The quantitative estimate of drug-likeness (QED) is 0.419. The van der Waals surface area contributed by atoms with E-state index in [0.29, 0.717) is 11.2 Å². The van der Waals surface area contributed by atoms with Crippen molar-refractivity contribution in [3.63, 3.8) is 0 Å². The van der Waals surface area contributed by atoms with Gasteiger partial charge in [-0.15, -0.1) is 0 Å². The summed E-state index contributed by atoms with van der Waals surface area (Å²) in [6, 6.07) is 5.95. The van der Waals surface area contributed by atoms with Crippen LogP contribution in [-0.2, 0) is 19.4 Å². The Morgan fingerprint density at radius 2 is 2.03 bits per heavy atom. The Kier molecular flexibility index (Phi) is 5.83. The van der Waals surface area contributed by atoms with E-state index in [-0.39, 0.29) is 11.5 Å². The number of amides is 1. The summed E-state index contributed by atoms with van der Waals surface area (Å²) in [7, 11) is 0. The van der Waals surface area contributed by atoms with Gasteiger partial charge in [-0.2, -0.15) is 5.10 Å². The number of nitrogens with one attached hydrogen (secondary N) is 2. The molecule has 2 aliphatic heterocycles. The molecule has 2 N–H and O–H groups in total. The number of carbonyl (C=O) groups is 1. The van der Waals surface area contributed by atoms with Gasteiger partial charge in [0, 0.05) is 63.2 Å². The van der Waals surface area contributed by atoms with E-state index in [0.717, 1.165) is 73.9 Å². The first-order valence-electron chi connectivity index (χ1n) is 12.8. The van der Waals surface area contributed by atoms with E-state index in [1.807, 2.05) is 0 Å². The fourth-order valence-electron chi connectivity index (χ4n) is 5.34. The van der Waals surface area contributed by atoms with E-state index in [2.05, 4.69) is 68.1 Å². The first kappa shape index (κ1) is 23.5. The maximum absolute atomic E-state index is 13.4. The van der Waals surface area contributed by atoms with Crippen LogP contribution in [0.3, 0.4) is 0 Å². The number of aromatic nitrogens is 5. The van der Waals surface area contributed by atoms with Crippen molar-refractivity contribution in [3.05, 3.63) is 65.6 Å². The molecule has 0 saturated carbocycles. The van der Waals surface area contributed by atoms with Gasteiger partial charge in [-0.05, 0) is 32.4 Å². The van der Waals surface area contributed by atoms with E-state index in [1.165, 1.54) is 5.69 Å². The molecule has 1 aromatic carbocycles. The van der Waals surface area contributed by atoms with Crippen LogP contribution in [-0.4, -0.2) is 67.2 Å². The SMILES string of the molecule is CCc1nc[nH]c1CN1CCN(c2cc3c(cc2NC(=O)c2cnn4cccnc24)CC(C)(C)O3)CC1. The Morgan fingerprint density at radius 3 is 2.84 bits per heavy atom. The third-order valence-corrected chi connectivity index (χ3v) is 7.19. The van der Waals surface area contributed by atoms with Gasteiger partial charge in [-0.3, -0.25) is 9.69 Å². The predicted molar refractivity (Wildman–Crippen MR) is 141 cm³/mol. The lowest BCUT2D eigenvalue weighted by atomic mass is 10.0. The fourth-order valence-corrected chi connectivity index (χ4v) is 5.34. The number of benzene rings is 1. The lowest BCUT2D eigenvalue weighted by Crippen LogP contribution is -2.46. The zero-order valence-corrected chi connectivity index (χ0v) is 21.5. The van der Waals surface area contributed by atoms with E-state index >= 15 is 0 Å². The molecule has 0 spiro atoms. The Hall–Kier alpha value is -3.92. The Bertz CT molecular complexity index is 1450. The van der Waals surface area contributed by atoms with E-state index < -0.39 is 0 Å². The van der Waals surface area contributed by atoms with E-state index in [4.69, 9.17) is 4.74 Å². The number of nitrogens with zero attached hydrogens (tertiary/aromatic N) is 6. The van der Waals surface area contributed by atoms with Crippen molar-refractivity contribution >= 4 is 22.9 Å². The van der Waals surface area contributed by atoms with Crippen molar-refractivity contribution in [3.8, 4) is 5.75 Å². The summed E-state index contributed by atoms with van der Waals surface area (Å²) in [5.74, 6) is 0.668. The van der Waals surface area contributed by atoms with Gasteiger partial charge in [0.25, 0.3) is 5.91 Å². The van der Waals surface area contributed by atoms with Crippen LogP contribution in [0.15, 0.2) is 43.1 Å². The predicted octanol–water partition coefficient (Wildman–Crippen LogP) is 3.30. The highest BCUT2D eigenvalue weighted by Crippen LogP contribution is 2.42. The van der Waals surface area contributed by atoms with Gasteiger partial charge in [0.15, 0.2) is 5.65 Å². The number of aromatic amines is 1. The molecule has 0 atom stereocenters. The number of H-pyrrole nitrogens is 1. The third kappa shape index (κ3) is 4.53. The maximum Gasteiger partial charge on any atom is 0.261 e. The molecule has 1 amide bonds. The highest BCUT2D eigenvalue weighted by Gasteiger charge is 2.32. The minimum atomic E-state index is -0.269. The molecule has 10 nitrogen and oxygen atoms in total. The molecule has 0 aliphatic carbocycles. The lowest BCUT2D eigenvalue weighted by Gasteiger charge is -2.37. The number of hydrogen-bond donors (Lipinski definition) is 2. The number of aryl methyl sites for hydroxylation is 1. The molecule has 3 aromatic heterocycles. The second kappa shape index (κ2) is 9.19. The van der Waals surface area contributed by atoms with Crippen molar-refractivity contribution in [2.45, 2.75) is 45.8 Å².